The third-order valence-electron chi connectivity index (χ3n) is 4.00. The van der Waals surface area contributed by atoms with Crippen LogP contribution in [-0.2, 0) is 5.11 Å². The third-order valence-corrected chi connectivity index (χ3v) is 4.00. The minimum atomic E-state index is -0.139. The molecule has 0 aliphatic rings. The zero-order valence-corrected chi connectivity index (χ0v) is 18.2. The van der Waals surface area contributed by atoms with Gasteiger partial charge in [-0.05, 0) is 6.42 Å². The molecule has 0 bridgehead atoms. The van der Waals surface area contributed by atoms with E-state index in [4.69, 9.17) is 0 Å². The molecule has 0 aromatic rings. The average molecular weight is 344 g/mol. The van der Waals surface area contributed by atoms with Gasteiger partial charge in [-0.3, -0.25) is 0 Å². The lowest BCUT2D eigenvalue weighted by Crippen LogP contribution is -1.84. The van der Waals surface area contributed by atoms with Gasteiger partial charge in [-0.15, -0.1) is 0 Å². The molecule has 0 saturated heterocycles. The molecule has 0 aliphatic heterocycles. The van der Waals surface area contributed by atoms with E-state index in [2.05, 4.69) is 26.6 Å². The van der Waals surface area contributed by atoms with Crippen molar-refractivity contribution in [3.8, 4) is 0 Å². The lowest BCUT2D eigenvalue weighted by Gasteiger charge is -2.03. The van der Waals surface area contributed by atoms with Crippen molar-refractivity contribution in [3.63, 3.8) is 0 Å². The molecule has 0 N–H and O–H groups in total. The van der Waals surface area contributed by atoms with Gasteiger partial charge in [-0.2, -0.15) is 0 Å². The van der Waals surface area contributed by atoms with Gasteiger partial charge in [0.2, 0.25) is 0 Å². The second-order valence-corrected chi connectivity index (χ2v) is 11.2. The first-order valence-corrected chi connectivity index (χ1v) is 14.2. The molecular weight excluding hydrogens is 296 g/mol. The van der Waals surface area contributed by atoms with Crippen molar-refractivity contribution in [1.82, 2.24) is 0 Å². The highest BCUT2D eigenvalue weighted by Gasteiger charge is 1.94. The van der Waals surface area contributed by atoms with Crippen molar-refractivity contribution >= 4 is 8.80 Å². The van der Waals surface area contributed by atoms with E-state index in [0.29, 0.717) is 0 Å². The molecule has 141 valence electrons. The molecule has 0 spiro atoms. The Kier molecular flexibility index (Phi) is 27.0. The first-order chi connectivity index (χ1) is 11.1. The summed E-state index contributed by atoms with van der Waals surface area (Å²) in [4.78, 5) is 0. The molecule has 0 aromatic heterocycles. The Balaban J connectivity index is 0. The van der Waals surface area contributed by atoms with E-state index in [9.17, 15) is 5.11 Å². The molecule has 0 heterocycles. The van der Waals surface area contributed by atoms with E-state index in [1.807, 2.05) is 0 Å². The summed E-state index contributed by atoms with van der Waals surface area (Å²) < 4.78 is 0. The van der Waals surface area contributed by atoms with Crippen LogP contribution in [0.5, 0.6) is 0 Å². The first kappa shape index (κ1) is 25.4. The predicted molar refractivity (Wildman–Crippen MR) is 110 cm³/mol. The second kappa shape index (κ2) is 24.4. The van der Waals surface area contributed by atoms with Gasteiger partial charge in [-0.25, -0.2) is 5.11 Å². The highest BCUT2D eigenvalue weighted by atomic mass is 28.3. The zero-order valence-electron chi connectivity index (χ0n) is 17.0. The molecule has 0 amide bonds. The van der Waals surface area contributed by atoms with E-state index in [1.165, 1.54) is 89.9 Å². The van der Waals surface area contributed by atoms with Gasteiger partial charge in [0.25, 0.3) is 0 Å². The quantitative estimate of drug-likeness (QED) is 0.201. The number of hydrogen-bond donors (Lipinski definition) is 0. The normalized spacial score (nSPS) is 10.7. The Bertz CT molecular complexity index is 164. The smallest absolute Gasteiger partial charge is 0.0822 e. The van der Waals surface area contributed by atoms with Crippen LogP contribution in [0.3, 0.4) is 0 Å². The summed E-state index contributed by atoms with van der Waals surface area (Å²) in [5.41, 5.74) is 0. The minimum Gasteiger partial charge on any atom is -0.237 e. The summed E-state index contributed by atoms with van der Waals surface area (Å²) in [6.45, 7) is 9.32. The topological polar surface area (TPSA) is 19.9 Å². The van der Waals surface area contributed by atoms with Crippen LogP contribution in [0.2, 0.25) is 19.6 Å². The summed E-state index contributed by atoms with van der Waals surface area (Å²) in [5.74, 6) is 0. The number of hydrogen-bond acceptors (Lipinski definition) is 0. The van der Waals surface area contributed by atoms with Crippen LogP contribution in [0.4, 0.5) is 0 Å². The molecule has 1 radical (unpaired) electrons. The lowest BCUT2D eigenvalue weighted by atomic mass is 10.0. The second-order valence-electron chi connectivity index (χ2n) is 7.74. The number of rotatable bonds is 16. The molecule has 2 heteroatoms. The molecule has 23 heavy (non-hydrogen) atoms. The minimum absolute atomic E-state index is 0.123. The molecular formula is C21H47OSi. The van der Waals surface area contributed by atoms with Crippen LogP contribution in [0.1, 0.15) is 110 Å². The van der Waals surface area contributed by atoms with E-state index in [0.717, 1.165) is 12.8 Å². The van der Waals surface area contributed by atoms with Crippen LogP contribution in [0, 0.1) is 0 Å². The summed E-state index contributed by atoms with van der Waals surface area (Å²) >= 11 is 0. The Morgan fingerprint density at radius 1 is 0.478 bits per heavy atom. The maximum absolute atomic E-state index is 10.3. The maximum Gasteiger partial charge on any atom is 0.0822 e. The van der Waals surface area contributed by atoms with Crippen LogP contribution >= 0.6 is 0 Å². The summed E-state index contributed by atoms with van der Waals surface area (Å²) in [6.07, 6.45) is 21.8. The third kappa shape index (κ3) is 34.5. The summed E-state index contributed by atoms with van der Waals surface area (Å²) in [5, 5.41) is 10.3. The molecule has 0 saturated carbocycles. The SMILES string of the molecule is CCCCCCCCCCCCCCCCCC[O].C[SiH](C)C. The fraction of sp³-hybridized carbons (Fsp3) is 1.00. The Morgan fingerprint density at radius 2 is 0.696 bits per heavy atom. The van der Waals surface area contributed by atoms with Crippen molar-refractivity contribution in [2.24, 2.45) is 0 Å². The largest absolute Gasteiger partial charge is 0.237 e. The van der Waals surface area contributed by atoms with E-state index in [1.54, 1.807) is 0 Å². The highest BCUT2D eigenvalue weighted by molar-refractivity contribution is 6.54. The fourth-order valence-corrected chi connectivity index (χ4v) is 2.65. The van der Waals surface area contributed by atoms with Gasteiger partial charge >= 0.3 is 0 Å². The van der Waals surface area contributed by atoms with Crippen LogP contribution in [0.15, 0.2) is 0 Å². The Hall–Kier alpha value is 0.177. The highest BCUT2D eigenvalue weighted by Crippen LogP contribution is 2.13. The van der Waals surface area contributed by atoms with Gasteiger partial charge < -0.3 is 0 Å². The standard InChI is InChI=1S/C18H37O.C3H10Si/c1-2-3-4-5-6-7-8-9-10-11-12-13-14-15-16-17-18-19;1-4(2)3/h2-18H2,1H3;4H,1-3H3. The first-order valence-electron chi connectivity index (χ1n) is 10.7. The van der Waals surface area contributed by atoms with E-state index in [-0.39, 0.29) is 15.4 Å². The van der Waals surface area contributed by atoms with Gasteiger partial charge in [0.1, 0.15) is 0 Å². The monoisotopic (exact) mass is 343 g/mol. The van der Waals surface area contributed by atoms with Gasteiger partial charge in [0.15, 0.2) is 0 Å². The summed E-state index contributed by atoms with van der Waals surface area (Å²) in [7, 11) is -0.139. The van der Waals surface area contributed by atoms with Crippen molar-refractivity contribution in [2.75, 3.05) is 6.61 Å². The Morgan fingerprint density at radius 3 is 0.913 bits per heavy atom. The van der Waals surface area contributed by atoms with Crippen molar-refractivity contribution in [3.05, 3.63) is 0 Å². The van der Waals surface area contributed by atoms with E-state index < -0.39 is 0 Å². The Labute approximate surface area is 150 Å². The van der Waals surface area contributed by atoms with Crippen molar-refractivity contribution < 1.29 is 5.11 Å². The van der Waals surface area contributed by atoms with Gasteiger partial charge in [0.05, 0.1) is 6.61 Å². The van der Waals surface area contributed by atoms with Gasteiger partial charge in [-0.1, -0.05) is 123 Å². The van der Waals surface area contributed by atoms with E-state index >= 15 is 0 Å². The molecule has 0 rings (SSSR count). The molecule has 0 fully saturated rings. The molecule has 0 aromatic carbocycles. The lowest BCUT2D eigenvalue weighted by molar-refractivity contribution is 0.186. The van der Waals surface area contributed by atoms with Crippen LogP contribution in [-0.4, -0.2) is 15.4 Å². The van der Waals surface area contributed by atoms with Crippen LogP contribution in [0.25, 0.3) is 0 Å². The fourth-order valence-electron chi connectivity index (χ4n) is 2.65. The molecule has 0 aliphatic carbocycles. The summed E-state index contributed by atoms with van der Waals surface area (Å²) in [6, 6.07) is 0. The predicted octanol–water partition coefficient (Wildman–Crippen LogP) is 7.78. The maximum atomic E-state index is 10.3. The molecule has 0 atom stereocenters. The zero-order chi connectivity index (χ0) is 17.6. The van der Waals surface area contributed by atoms with Crippen molar-refractivity contribution in [1.29, 1.82) is 0 Å². The van der Waals surface area contributed by atoms with Crippen LogP contribution < -0.4 is 0 Å². The molecule has 0 unspecified atom stereocenters. The van der Waals surface area contributed by atoms with Gasteiger partial charge in [0, 0.05) is 8.80 Å². The molecule has 1 nitrogen and oxygen atoms in total. The van der Waals surface area contributed by atoms with Crippen molar-refractivity contribution in [2.45, 2.75) is 129 Å². The average Bonchev–Trinajstić information content (AvgIpc) is 2.50. The number of unbranched alkanes of at least 4 members (excludes halogenated alkanes) is 15.